The minimum atomic E-state index is -0.753. The number of hydrogen-bond acceptors (Lipinski definition) is 3. The summed E-state index contributed by atoms with van der Waals surface area (Å²) in [6, 6.07) is 0.996. The molecule has 2 unspecified atom stereocenters. The molecule has 0 amide bonds. The van der Waals surface area contributed by atoms with E-state index in [1.807, 2.05) is 6.92 Å². The standard InChI is InChI=1S/C14H28N2O2/c1-5-11(2)16(4)10-6-9-14(3,13(17)18)15-12-7-8-12/h11-12,15H,5-10H2,1-4H3,(H,17,18). The summed E-state index contributed by atoms with van der Waals surface area (Å²) in [6.07, 6.45) is 4.99. The quantitative estimate of drug-likeness (QED) is 0.663. The lowest BCUT2D eigenvalue weighted by Gasteiger charge is -2.29. The molecule has 0 radical (unpaired) electrons. The van der Waals surface area contributed by atoms with E-state index in [1.54, 1.807) is 0 Å². The van der Waals surface area contributed by atoms with Crippen molar-refractivity contribution in [3.63, 3.8) is 0 Å². The van der Waals surface area contributed by atoms with Crippen molar-refractivity contribution in [2.45, 2.75) is 70.5 Å². The molecule has 4 heteroatoms. The van der Waals surface area contributed by atoms with E-state index in [1.165, 1.54) is 0 Å². The predicted molar refractivity (Wildman–Crippen MR) is 73.8 cm³/mol. The third kappa shape index (κ3) is 4.58. The van der Waals surface area contributed by atoms with Crippen molar-refractivity contribution in [2.24, 2.45) is 0 Å². The molecule has 1 aliphatic carbocycles. The van der Waals surface area contributed by atoms with Crippen molar-refractivity contribution < 1.29 is 9.90 Å². The van der Waals surface area contributed by atoms with Gasteiger partial charge in [0.25, 0.3) is 0 Å². The summed E-state index contributed by atoms with van der Waals surface area (Å²) in [5.74, 6) is -0.722. The van der Waals surface area contributed by atoms with Gasteiger partial charge in [0.2, 0.25) is 0 Å². The lowest BCUT2D eigenvalue weighted by molar-refractivity contribution is -0.144. The van der Waals surface area contributed by atoms with E-state index in [9.17, 15) is 9.90 Å². The van der Waals surface area contributed by atoms with E-state index >= 15 is 0 Å². The van der Waals surface area contributed by atoms with Crippen molar-refractivity contribution >= 4 is 5.97 Å². The van der Waals surface area contributed by atoms with E-state index in [0.29, 0.717) is 18.5 Å². The Morgan fingerprint density at radius 3 is 2.61 bits per heavy atom. The fourth-order valence-electron chi connectivity index (χ4n) is 2.13. The number of nitrogens with zero attached hydrogens (tertiary/aromatic N) is 1. The zero-order chi connectivity index (χ0) is 13.8. The van der Waals surface area contributed by atoms with Crippen LogP contribution in [0.4, 0.5) is 0 Å². The van der Waals surface area contributed by atoms with Gasteiger partial charge in [0.1, 0.15) is 5.54 Å². The van der Waals surface area contributed by atoms with Gasteiger partial charge in [0.15, 0.2) is 0 Å². The molecule has 1 aliphatic rings. The summed E-state index contributed by atoms with van der Waals surface area (Å²) in [5, 5.41) is 12.6. The summed E-state index contributed by atoms with van der Waals surface area (Å²) in [7, 11) is 2.11. The van der Waals surface area contributed by atoms with E-state index in [-0.39, 0.29) is 0 Å². The van der Waals surface area contributed by atoms with Gasteiger partial charge in [-0.3, -0.25) is 10.1 Å². The normalized spacial score (nSPS) is 20.7. The van der Waals surface area contributed by atoms with E-state index in [0.717, 1.165) is 32.2 Å². The van der Waals surface area contributed by atoms with Crippen LogP contribution in [0.3, 0.4) is 0 Å². The highest BCUT2D eigenvalue weighted by Gasteiger charge is 2.37. The van der Waals surface area contributed by atoms with Gasteiger partial charge in [0.05, 0.1) is 0 Å². The predicted octanol–water partition coefficient (Wildman–Crippen LogP) is 2.09. The first-order valence-corrected chi connectivity index (χ1v) is 7.10. The minimum Gasteiger partial charge on any atom is -0.480 e. The summed E-state index contributed by atoms with van der Waals surface area (Å²) in [4.78, 5) is 13.7. The number of carboxylic acids is 1. The zero-order valence-corrected chi connectivity index (χ0v) is 12.2. The van der Waals surface area contributed by atoms with Crippen molar-refractivity contribution in [1.29, 1.82) is 0 Å². The molecule has 0 spiro atoms. The number of hydrogen-bond donors (Lipinski definition) is 2. The number of carbonyl (C=O) groups is 1. The summed E-state index contributed by atoms with van der Waals surface area (Å²) in [5.41, 5.74) is -0.753. The average Bonchev–Trinajstić information content (AvgIpc) is 3.11. The summed E-state index contributed by atoms with van der Waals surface area (Å²) in [6.45, 7) is 7.16. The van der Waals surface area contributed by atoms with Crippen LogP contribution in [-0.4, -0.2) is 47.2 Å². The number of rotatable bonds is 9. The smallest absolute Gasteiger partial charge is 0.323 e. The van der Waals surface area contributed by atoms with Crippen LogP contribution in [0.25, 0.3) is 0 Å². The lowest BCUT2D eigenvalue weighted by atomic mass is 9.95. The van der Waals surface area contributed by atoms with Crippen molar-refractivity contribution in [2.75, 3.05) is 13.6 Å². The number of nitrogens with one attached hydrogen (secondary N) is 1. The molecule has 2 atom stereocenters. The second-order valence-electron chi connectivity index (χ2n) is 5.90. The highest BCUT2D eigenvalue weighted by molar-refractivity contribution is 5.78. The van der Waals surface area contributed by atoms with Crippen LogP contribution in [0, 0.1) is 0 Å². The highest BCUT2D eigenvalue weighted by atomic mass is 16.4. The van der Waals surface area contributed by atoms with Gasteiger partial charge in [-0.15, -0.1) is 0 Å². The SMILES string of the molecule is CCC(C)N(C)CCCC(C)(NC1CC1)C(=O)O. The summed E-state index contributed by atoms with van der Waals surface area (Å²) >= 11 is 0. The third-order valence-corrected chi connectivity index (χ3v) is 4.10. The Labute approximate surface area is 111 Å². The van der Waals surface area contributed by atoms with Crippen LogP contribution in [-0.2, 0) is 4.79 Å². The first kappa shape index (κ1) is 15.4. The molecule has 2 N–H and O–H groups in total. The van der Waals surface area contributed by atoms with Gasteiger partial charge in [-0.25, -0.2) is 0 Å². The van der Waals surface area contributed by atoms with Crippen LogP contribution in [0.1, 0.15) is 52.9 Å². The highest BCUT2D eigenvalue weighted by Crippen LogP contribution is 2.25. The topological polar surface area (TPSA) is 52.6 Å². The molecule has 0 aromatic carbocycles. The van der Waals surface area contributed by atoms with Crippen LogP contribution in [0.5, 0.6) is 0 Å². The van der Waals surface area contributed by atoms with Gasteiger partial charge >= 0.3 is 5.97 Å². The van der Waals surface area contributed by atoms with Crippen molar-refractivity contribution in [3.8, 4) is 0 Å². The lowest BCUT2D eigenvalue weighted by Crippen LogP contribution is -2.50. The van der Waals surface area contributed by atoms with Gasteiger partial charge in [-0.1, -0.05) is 6.92 Å². The Kier molecular flexibility index (Phi) is 5.60. The maximum atomic E-state index is 11.4. The number of aliphatic carboxylic acids is 1. The van der Waals surface area contributed by atoms with E-state index in [2.05, 4.69) is 31.1 Å². The first-order chi connectivity index (χ1) is 8.39. The first-order valence-electron chi connectivity index (χ1n) is 7.10. The maximum Gasteiger partial charge on any atom is 0.323 e. The van der Waals surface area contributed by atoms with Crippen LogP contribution < -0.4 is 5.32 Å². The molecule has 18 heavy (non-hydrogen) atoms. The monoisotopic (exact) mass is 256 g/mol. The molecule has 0 aromatic heterocycles. The van der Waals surface area contributed by atoms with Gasteiger partial charge < -0.3 is 10.0 Å². The largest absolute Gasteiger partial charge is 0.480 e. The Bertz CT molecular complexity index is 279. The van der Waals surface area contributed by atoms with E-state index < -0.39 is 11.5 Å². The summed E-state index contributed by atoms with van der Waals surface area (Å²) < 4.78 is 0. The second-order valence-corrected chi connectivity index (χ2v) is 5.90. The molecular formula is C14H28N2O2. The van der Waals surface area contributed by atoms with Crippen LogP contribution in [0.15, 0.2) is 0 Å². The Balaban J connectivity index is 2.35. The van der Waals surface area contributed by atoms with Crippen LogP contribution >= 0.6 is 0 Å². The van der Waals surface area contributed by atoms with Gasteiger partial charge in [-0.2, -0.15) is 0 Å². The molecule has 0 bridgehead atoms. The van der Waals surface area contributed by atoms with Crippen molar-refractivity contribution in [1.82, 2.24) is 10.2 Å². The Hall–Kier alpha value is -0.610. The molecule has 0 aromatic rings. The average molecular weight is 256 g/mol. The molecule has 0 heterocycles. The van der Waals surface area contributed by atoms with Gasteiger partial charge in [-0.05, 0) is 59.5 Å². The van der Waals surface area contributed by atoms with Gasteiger partial charge in [0, 0.05) is 12.1 Å². The number of carboxylic acid groups (broad SMARTS) is 1. The Morgan fingerprint density at radius 1 is 1.56 bits per heavy atom. The molecular weight excluding hydrogens is 228 g/mol. The Morgan fingerprint density at radius 2 is 2.17 bits per heavy atom. The van der Waals surface area contributed by atoms with Crippen molar-refractivity contribution in [3.05, 3.63) is 0 Å². The maximum absolute atomic E-state index is 11.4. The van der Waals surface area contributed by atoms with E-state index in [4.69, 9.17) is 0 Å². The molecule has 0 saturated heterocycles. The molecule has 1 rings (SSSR count). The zero-order valence-electron chi connectivity index (χ0n) is 12.2. The third-order valence-electron chi connectivity index (χ3n) is 4.10. The molecule has 106 valence electrons. The fraction of sp³-hybridized carbons (Fsp3) is 0.929. The second kappa shape index (κ2) is 6.53. The molecule has 0 aliphatic heterocycles. The molecule has 1 fully saturated rings. The van der Waals surface area contributed by atoms with Crippen LogP contribution in [0.2, 0.25) is 0 Å². The molecule has 4 nitrogen and oxygen atoms in total. The molecule has 1 saturated carbocycles. The fourth-order valence-corrected chi connectivity index (χ4v) is 2.13. The minimum absolute atomic E-state index is 0.429.